The number of hydrogen-bond donors (Lipinski definition) is 0. The van der Waals surface area contributed by atoms with Crippen LogP contribution in [0.15, 0.2) is 70.5 Å². The van der Waals surface area contributed by atoms with Crippen molar-refractivity contribution in [2.24, 2.45) is 12.2 Å². The lowest BCUT2D eigenvalue weighted by atomic mass is 10.0. The largest absolute Gasteiger partial charge is 0.467 e. The first-order valence-corrected chi connectivity index (χ1v) is 12.2. The number of ether oxygens (including phenoxy) is 1. The van der Waals surface area contributed by atoms with Crippen LogP contribution in [0.5, 0.6) is 0 Å². The van der Waals surface area contributed by atoms with E-state index < -0.39 is 17.9 Å². The number of pyridine rings is 1. The molecule has 10 nitrogen and oxygen atoms in total. The Kier molecular flexibility index (Phi) is 8.08. The third-order valence-electron chi connectivity index (χ3n) is 5.81. The van der Waals surface area contributed by atoms with Gasteiger partial charge in [0.2, 0.25) is 0 Å². The second kappa shape index (κ2) is 11.4. The fourth-order valence-corrected chi connectivity index (χ4v) is 4.76. The Hall–Kier alpha value is -3.92. The van der Waals surface area contributed by atoms with Crippen LogP contribution in [0.1, 0.15) is 21.6 Å². The Balaban J connectivity index is 1.83. The van der Waals surface area contributed by atoms with E-state index in [0.717, 1.165) is 16.5 Å². The summed E-state index contributed by atoms with van der Waals surface area (Å²) in [7, 11) is 3.08. The Labute approximate surface area is 225 Å². The van der Waals surface area contributed by atoms with Crippen molar-refractivity contribution in [1.82, 2.24) is 19.7 Å². The number of nitrogens with zero attached hydrogens (tertiary/aromatic N) is 7. The smallest absolute Gasteiger partial charge is 0.329 e. The lowest BCUT2D eigenvalue weighted by Crippen LogP contribution is -2.46. The quantitative estimate of drug-likeness (QED) is 0.113. The highest BCUT2D eigenvalue weighted by Crippen LogP contribution is 2.29. The summed E-state index contributed by atoms with van der Waals surface area (Å²) in [6.07, 6.45) is 1.73. The van der Waals surface area contributed by atoms with Crippen molar-refractivity contribution in [2.75, 3.05) is 7.11 Å². The van der Waals surface area contributed by atoms with Gasteiger partial charge in [-0.2, -0.15) is 5.10 Å². The summed E-state index contributed by atoms with van der Waals surface area (Å²) in [5.74, 6) is -1.14. The molecule has 2 aromatic carbocycles. The number of rotatable bonds is 8. The van der Waals surface area contributed by atoms with E-state index in [2.05, 4.69) is 36.0 Å². The van der Waals surface area contributed by atoms with Gasteiger partial charge in [0, 0.05) is 52.8 Å². The van der Waals surface area contributed by atoms with Crippen molar-refractivity contribution in [3.05, 3.63) is 97.7 Å². The molecule has 0 saturated heterocycles. The van der Waals surface area contributed by atoms with Gasteiger partial charge in [-0.15, -0.1) is 0 Å². The molecule has 0 aliphatic heterocycles. The summed E-state index contributed by atoms with van der Waals surface area (Å²) >= 11 is 9.53. The Bertz CT molecular complexity index is 1520. The third-order valence-corrected chi connectivity index (χ3v) is 6.63. The Morgan fingerprint density at radius 2 is 2.05 bits per heavy atom. The molecule has 0 radical (unpaired) electrons. The van der Waals surface area contributed by atoms with Gasteiger partial charge in [0.15, 0.2) is 0 Å². The minimum Gasteiger partial charge on any atom is -0.467 e. The molecule has 37 heavy (non-hydrogen) atoms. The molecule has 1 amide bonds. The van der Waals surface area contributed by atoms with Gasteiger partial charge in [0.05, 0.1) is 18.3 Å². The molecule has 0 fully saturated rings. The van der Waals surface area contributed by atoms with Crippen LogP contribution in [0.2, 0.25) is 5.02 Å². The molecule has 4 aromatic rings. The maximum Gasteiger partial charge on any atom is 0.329 e. The van der Waals surface area contributed by atoms with Crippen LogP contribution in [-0.4, -0.2) is 44.7 Å². The van der Waals surface area contributed by atoms with Crippen LogP contribution in [0.4, 0.5) is 5.69 Å². The SMILES string of the molecule is COC(=O)[C@@H](Cc1ccccn1)N(Cc1ccc2c(Br)nn(C)c2c1)C(=O)c1ccc(Cl)cc1N=[N+]=[N-]. The van der Waals surface area contributed by atoms with Gasteiger partial charge in [0.25, 0.3) is 5.91 Å². The number of aromatic nitrogens is 3. The van der Waals surface area contributed by atoms with Crippen LogP contribution in [0.3, 0.4) is 0 Å². The monoisotopic (exact) mass is 581 g/mol. The van der Waals surface area contributed by atoms with Crippen molar-refractivity contribution < 1.29 is 14.3 Å². The maximum atomic E-state index is 14.0. The van der Waals surface area contributed by atoms with Crippen molar-refractivity contribution in [3.8, 4) is 0 Å². The summed E-state index contributed by atoms with van der Waals surface area (Å²) in [5.41, 5.74) is 11.4. The zero-order valence-electron chi connectivity index (χ0n) is 19.9. The number of halogens is 2. The molecule has 0 N–H and O–H groups in total. The summed E-state index contributed by atoms with van der Waals surface area (Å²) < 4.78 is 7.52. The minimum absolute atomic E-state index is 0.0532. The van der Waals surface area contributed by atoms with Crippen LogP contribution < -0.4 is 0 Å². The molecular formula is C25H21BrClN7O3. The fraction of sp³-hybridized carbons (Fsp3) is 0.200. The number of carbonyl (C=O) groups excluding carboxylic acids is 2. The van der Waals surface area contributed by atoms with Crippen molar-refractivity contribution in [2.45, 2.75) is 19.0 Å². The Morgan fingerprint density at radius 1 is 1.24 bits per heavy atom. The van der Waals surface area contributed by atoms with Crippen molar-refractivity contribution in [3.63, 3.8) is 0 Å². The van der Waals surface area contributed by atoms with Crippen LogP contribution in [-0.2, 0) is 29.5 Å². The summed E-state index contributed by atoms with van der Waals surface area (Å²) in [6.45, 7) is 0.0580. The highest BCUT2D eigenvalue weighted by Gasteiger charge is 2.33. The Morgan fingerprint density at radius 3 is 2.76 bits per heavy atom. The standard InChI is InChI=1S/C25H21BrClN7O3/c1-33-21-11-15(6-8-19(21)23(26)31-33)14-34(22(25(36)37-2)13-17-5-3-4-10-29-17)24(35)18-9-7-16(27)12-20(18)30-32-28/h3-12,22H,13-14H2,1-2H3/t22-/m1/s1. The number of fused-ring (bicyclic) bond motifs is 1. The molecule has 2 heterocycles. The maximum absolute atomic E-state index is 14.0. The van der Waals surface area contributed by atoms with E-state index in [-0.39, 0.29) is 24.2 Å². The van der Waals surface area contributed by atoms with E-state index in [1.807, 2.05) is 25.2 Å². The zero-order chi connectivity index (χ0) is 26.5. The molecule has 1 atom stereocenters. The number of esters is 1. The lowest BCUT2D eigenvalue weighted by Gasteiger charge is -2.30. The van der Waals surface area contributed by atoms with Gasteiger partial charge in [-0.05, 0) is 69.5 Å². The second-order valence-corrected chi connectivity index (χ2v) is 9.30. The molecule has 188 valence electrons. The molecule has 2 aromatic heterocycles. The van der Waals surface area contributed by atoms with E-state index in [0.29, 0.717) is 15.3 Å². The number of carbonyl (C=O) groups is 2. The average molecular weight is 583 g/mol. The topological polar surface area (TPSA) is 126 Å². The predicted molar refractivity (Wildman–Crippen MR) is 142 cm³/mol. The molecule has 0 aliphatic rings. The van der Waals surface area contributed by atoms with Crippen molar-refractivity contribution >= 4 is 56.0 Å². The lowest BCUT2D eigenvalue weighted by molar-refractivity contribution is -0.146. The first kappa shape index (κ1) is 26.2. The summed E-state index contributed by atoms with van der Waals surface area (Å²) in [4.78, 5) is 35.6. The van der Waals surface area contributed by atoms with Crippen LogP contribution in [0, 0.1) is 0 Å². The molecule has 12 heteroatoms. The molecule has 0 saturated carbocycles. The van der Waals surface area contributed by atoms with Gasteiger partial charge in [0.1, 0.15) is 10.6 Å². The zero-order valence-corrected chi connectivity index (χ0v) is 22.2. The van der Waals surface area contributed by atoms with Gasteiger partial charge < -0.3 is 9.64 Å². The minimum atomic E-state index is -1.02. The number of hydrogen-bond acceptors (Lipinski definition) is 6. The van der Waals surface area contributed by atoms with E-state index in [9.17, 15) is 9.59 Å². The fourth-order valence-electron chi connectivity index (χ4n) is 4.02. The highest BCUT2D eigenvalue weighted by molar-refractivity contribution is 9.10. The van der Waals surface area contributed by atoms with Crippen LogP contribution >= 0.6 is 27.5 Å². The van der Waals surface area contributed by atoms with Gasteiger partial charge >= 0.3 is 5.97 Å². The van der Waals surface area contributed by atoms with Gasteiger partial charge in [-0.25, -0.2) is 4.79 Å². The predicted octanol–water partition coefficient (Wildman–Crippen LogP) is 5.75. The first-order valence-electron chi connectivity index (χ1n) is 11.1. The highest BCUT2D eigenvalue weighted by atomic mass is 79.9. The van der Waals surface area contributed by atoms with E-state index >= 15 is 0 Å². The molecule has 4 rings (SSSR count). The van der Waals surface area contributed by atoms with Gasteiger partial charge in [-0.1, -0.05) is 28.8 Å². The molecule has 0 bridgehead atoms. The second-order valence-electron chi connectivity index (χ2n) is 8.11. The molecular weight excluding hydrogens is 562 g/mol. The van der Waals surface area contributed by atoms with Crippen molar-refractivity contribution in [1.29, 1.82) is 0 Å². The van der Waals surface area contributed by atoms with E-state index in [4.69, 9.17) is 21.9 Å². The molecule has 0 spiro atoms. The van der Waals surface area contributed by atoms with Gasteiger partial charge in [-0.3, -0.25) is 14.5 Å². The number of amides is 1. The third kappa shape index (κ3) is 5.75. The number of azide groups is 1. The van der Waals surface area contributed by atoms with E-state index in [1.165, 1.54) is 30.2 Å². The normalized spacial score (nSPS) is 11.6. The molecule has 0 unspecified atom stereocenters. The summed E-state index contributed by atoms with van der Waals surface area (Å²) in [6, 6.07) is 14.4. The average Bonchev–Trinajstić information content (AvgIpc) is 3.18. The first-order chi connectivity index (χ1) is 17.8. The number of methoxy groups -OCH3 is 1. The molecule has 0 aliphatic carbocycles. The van der Waals surface area contributed by atoms with Crippen LogP contribution in [0.25, 0.3) is 21.3 Å². The summed E-state index contributed by atoms with van der Waals surface area (Å²) in [5, 5.41) is 9.23. The number of benzene rings is 2. The number of aryl methyl sites for hydroxylation is 1. The van der Waals surface area contributed by atoms with E-state index in [1.54, 1.807) is 29.1 Å².